The molecule has 4 rings (SSSR count). The van der Waals surface area contributed by atoms with Gasteiger partial charge in [-0.15, -0.1) is 5.10 Å². The number of hydrogen-bond donors (Lipinski definition) is 1. The molecule has 0 amide bonds. The monoisotopic (exact) mass is 352 g/mol. The first-order valence-electron chi connectivity index (χ1n) is 7.62. The number of hydrogen-bond acceptors (Lipinski definition) is 7. The van der Waals surface area contributed by atoms with Gasteiger partial charge in [-0.1, -0.05) is 22.5 Å². The first-order chi connectivity index (χ1) is 12.7. The van der Waals surface area contributed by atoms with Crippen molar-refractivity contribution in [1.29, 1.82) is 0 Å². The molecule has 0 aliphatic rings. The third-order valence-electron chi connectivity index (χ3n) is 3.75. The van der Waals surface area contributed by atoms with Gasteiger partial charge in [-0.2, -0.15) is 9.67 Å². The summed E-state index contributed by atoms with van der Waals surface area (Å²) in [6, 6.07) is 13.0. The van der Waals surface area contributed by atoms with Crippen LogP contribution in [0.2, 0.25) is 0 Å². The molecule has 130 valence electrons. The highest BCUT2D eigenvalue weighted by Gasteiger charge is 2.21. The second-order valence-electron chi connectivity index (χ2n) is 5.34. The van der Waals surface area contributed by atoms with Crippen LogP contribution in [0.1, 0.15) is 0 Å². The second kappa shape index (κ2) is 6.28. The van der Waals surface area contributed by atoms with Gasteiger partial charge in [0.05, 0.1) is 7.11 Å². The lowest BCUT2D eigenvalue weighted by molar-refractivity contribution is 0.411. The first kappa shape index (κ1) is 15.8. The quantitative estimate of drug-likeness (QED) is 0.602. The van der Waals surface area contributed by atoms with Crippen LogP contribution in [0.5, 0.6) is 5.75 Å². The van der Waals surface area contributed by atoms with E-state index in [2.05, 4.69) is 20.5 Å². The molecule has 2 aromatic carbocycles. The van der Waals surface area contributed by atoms with Gasteiger partial charge in [-0.05, 0) is 36.4 Å². The fourth-order valence-electron chi connectivity index (χ4n) is 2.46. The second-order valence-corrected chi connectivity index (χ2v) is 5.34. The Bertz CT molecular complexity index is 1060. The minimum absolute atomic E-state index is 0.114. The van der Waals surface area contributed by atoms with Crippen molar-refractivity contribution < 1.29 is 13.7 Å². The van der Waals surface area contributed by atoms with E-state index in [4.69, 9.17) is 15.0 Å². The third kappa shape index (κ3) is 2.65. The zero-order valence-electron chi connectivity index (χ0n) is 13.6. The molecule has 0 saturated heterocycles. The van der Waals surface area contributed by atoms with Gasteiger partial charge in [-0.3, -0.25) is 0 Å². The summed E-state index contributed by atoms with van der Waals surface area (Å²) in [6.45, 7) is 0. The predicted octanol–water partition coefficient (Wildman–Crippen LogP) is 2.71. The van der Waals surface area contributed by atoms with Crippen LogP contribution in [0.3, 0.4) is 0 Å². The maximum absolute atomic E-state index is 13.0. The number of nitrogen functional groups attached to an aromatic ring is 1. The molecular weight excluding hydrogens is 339 g/mol. The number of aromatic nitrogens is 5. The van der Waals surface area contributed by atoms with Crippen molar-refractivity contribution in [3.05, 3.63) is 54.3 Å². The van der Waals surface area contributed by atoms with Gasteiger partial charge < -0.3 is 15.0 Å². The largest absolute Gasteiger partial charge is 0.494 e. The van der Waals surface area contributed by atoms with Gasteiger partial charge in [-0.25, -0.2) is 4.39 Å². The Morgan fingerprint density at radius 1 is 1.12 bits per heavy atom. The van der Waals surface area contributed by atoms with E-state index in [0.29, 0.717) is 22.8 Å². The van der Waals surface area contributed by atoms with E-state index in [1.54, 1.807) is 31.4 Å². The van der Waals surface area contributed by atoms with Gasteiger partial charge in [0.25, 0.3) is 5.89 Å². The van der Waals surface area contributed by atoms with Gasteiger partial charge in [0, 0.05) is 5.56 Å². The van der Waals surface area contributed by atoms with E-state index in [-0.39, 0.29) is 23.2 Å². The summed E-state index contributed by atoms with van der Waals surface area (Å²) in [6.07, 6.45) is 0. The Hall–Kier alpha value is -3.75. The summed E-state index contributed by atoms with van der Waals surface area (Å²) < 4.78 is 25.0. The highest BCUT2D eigenvalue weighted by Crippen LogP contribution is 2.29. The molecule has 2 N–H and O–H groups in total. The fourth-order valence-corrected chi connectivity index (χ4v) is 2.46. The maximum Gasteiger partial charge on any atom is 0.282 e. The Labute approximate surface area is 147 Å². The Balaban J connectivity index is 1.72. The van der Waals surface area contributed by atoms with Crippen molar-refractivity contribution in [2.45, 2.75) is 0 Å². The van der Waals surface area contributed by atoms with Crippen LogP contribution >= 0.6 is 0 Å². The van der Waals surface area contributed by atoms with E-state index < -0.39 is 0 Å². The molecule has 0 saturated carbocycles. The lowest BCUT2D eigenvalue weighted by atomic mass is 10.2. The van der Waals surface area contributed by atoms with Gasteiger partial charge in [0.15, 0.2) is 11.5 Å². The molecule has 0 bridgehead atoms. The molecule has 4 aromatic rings. The van der Waals surface area contributed by atoms with Crippen LogP contribution in [-0.2, 0) is 0 Å². The van der Waals surface area contributed by atoms with Crippen LogP contribution in [-0.4, -0.2) is 32.2 Å². The van der Waals surface area contributed by atoms with Crippen molar-refractivity contribution in [3.63, 3.8) is 0 Å². The summed E-state index contributed by atoms with van der Waals surface area (Å²) in [7, 11) is 1.56. The molecular formula is C17H13FN6O2. The minimum Gasteiger partial charge on any atom is -0.494 e. The smallest absolute Gasteiger partial charge is 0.282 e. The molecule has 0 atom stereocenters. The van der Waals surface area contributed by atoms with Crippen LogP contribution in [0, 0.1) is 5.82 Å². The van der Waals surface area contributed by atoms with E-state index in [1.807, 2.05) is 12.1 Å². The van der Waals surface area contributed by atoms with Gasteiger partial charge in [0.2, 0.25) is 5.82 Å². The zero-order valence-corrected chi connectivity index (χ0v) is 13.6. The standard InChI is InChI=1S/C17H13FN6O2/c1-25-13-5-3-2-4-12(13)24-15(19)14(21-23-24)17-20-16(22-26-17)10-6-8-11(18)9-7-10/h2-9H,19H2,1H3. The highest BCUT2D eigenvalue weighted by molar-refractivity contribution is 5.67. The molecule has 2 aromatic heterocycles. The van der Waals surface area contributed by atoms with Crippen molar-refractivity contribution in [2.75, 3.05) is 12.8 Å². The number of nitrogens with two attached hydrogens (primary N) is 1. The minimum atomic E-state index is -0.346. The molecule has 2 heterocycles. The first-order valence-corrected chi connectivity index (χ1v) is 7.62. The van der Waals surface area contributed by atoms with Crippen LogP contribution < -0.4 is 10.5 Å². The van der Waals surface area contributed by atoms with Crippen LogP contribution in [0.4, 0.5) is 10.2 Å². The predicted molar refractivity (Wildman–Crippen MR) is 91.0 cm³/mol. The molecule has 9 heteroatoms. The normalized spacial score (nSPS) is 10.8. The number of halogens is 1. The Morgan fingerprint density at radius 3 is 2.65 bits per heavy atom. The molecule has 0 spiro atoms. The number of para-hydroxylation sites is 2. The van der Waals surface area contributed by atoms with Crippen LogP contribution in [0.15, 0.2) is 53.1 Å². The van der Waals surface area contributed by atoms with Crippen molar-refractivity contribution >= 4 is 5.82 Å². The van der Waals surface area contributed by atoms with Crippen molar-refractivity contribution in [1.82, 2.24) is 25.1 Å². The Kier molecular flexibility index (Phi) is 3.81. The third-order valence-corrected chi connectivity index (χ3v) is 3.75. The van der Waals surface area contributed by atoms with E-state index in [0.717, 1.165) is 0 Å². The van der Waals surface area contributed by atoms with Crippen molar-refractivity contribution in [3.8, 4) is 34.4 Å². The molecule has 0 unspecified atom stereocenters. The summed E-state index contributed by atoms with van der Waals surface area (Å²) in [5.41, 5.74) is 7.65. The maximum atomic E-state index is 13.0. The summed E-state index contributed by atoms with van der Waals surface area (Å²) >= 11 is 0. The van der Waals surface area contributed by atoms with Gasteiger partial charge >= 0.3 is 0 Å². The van der Waals surface area contributed by atoms with Gasteiger partial charge in [0.1, 0.15) is 17.3 Å². The number of nitrogens with zero attached hydrogens (tertiary/aromatic N) is 5. The molecule has 26 heavy (non-hydrogen) atoms. The average Bonchev–Trinajstić information content (AvgIpc) is 3.29. The molecule has 0 fully saturated rings. The molecule has 8 nitrogen and oxygen atoms in total. The fraction of sp³-hybridized carbons (Fsp3) is 0.0588. The lowest BCUT2D eigenvalue weighted by Crippen LogP contribution is -2.04. The molecule has 0 aliphatic heterocycles. The number of methoxy groups -OCH3 is 1. The number of ether oxygens (including phenoxy) is 1. The molecule has 0 aliphatic carbocycles. The lowest BCUT2D eigenvalue weighted by Gasteiger charge is -2.08. The topological polar surface area (TPSA) is 105 Å². The highest BCUT2D eigenvalue weighted by atomic mass is 19.1. The summed E-state index contributed by atoms with van der Waals surface area (Å²) in [5.74, 6) is 0.882. The van der Waals surface area contributed by atoms with E-state index in [9.17, 15) is 4.39 Å². The Morgan fingerprint density at radius 2 is 1.88 bits per heavy atom. The molecule has 0 radical (unpaired) electrons. The number of rotatable bonds is 4. The van der Waals surface area contributed by atoms with E-state index >= 15 is 0 Å². The number of anilines is 1. The summed E-state index contributed by atoms with van der Waals surface area (Å²) in [5, 5.41) is 12.0. The van der Waals surface area contributed by atoms with Crippen LogP contribution in [0.25, 0.3) is 28.7 Å². The summed E-state index contributed by atoms with van der Waals surface area (Å²) in [4.78, 5) is 4.26. The van der Waals surface area contributed by atoms with E-state index in [1.165, 1.54) is 16.8 Å². The van der Waals surface area contributed by atoms with Crippen molar-refractivity contribution in [2.24, 2.45) is 0 Å². The average molecular weight is 352 g/mol. The zero-order chi connectivity index (χ0) is 18.1. The number of benzene rings is 2. The SMILES string of the molecule is COc1ccccc1-n1nnc(-c2nc(-c3ccc(F)cc3)no2)c1N.